The first-order valence-electron chi connectivity index (χ1n) is 10.0. The Morgan fingerprint density at radius 1 is 1.06 bits per heavy atom. The zero-order valence-electron chi connectivity index (χ0n) is 17.4. The van der Waals surface area contributed by atoms with Gasteiger partial charge in [-0.25, -0.2) is 18.6 Å². The Hall–Kier alpha value is -4.40. The zero-order valence-corrected chi connectivity index (χ0v) is 17.4. The highest BCUT2D eigenvalue weighted by Gasteiger charge is 2.28. The number of nitrogens with one attached hydrogen (secondary N) is 1. The van der Waals surface area contributed by atoms with Gasteiger partial charge in [-0.15, -0.1) is 0 Å². The standard InChI is InChI=1S/C24H17F2N5O2/c1-33-24(32)15-6-4-14(5-7-15)23-29-19-9-21(22-17(25)11-28-12-18(22)26)31(13-20(19)30-23)16-3-2-8-27-10-16/h2-12H,13H2,1H3,(H,29,30). The Bertz CT molecular complexity index is 1350. The first-order chi connectivity index (χ1) is 16.0. The zero-order chi connectivity index (χ0) is 22.9. The number of fused-ring (bicyclic) bond motifs is 1. The molecule has 0 saturated heterocycles. The monoisotopic (exact) mass is 445 g/mol. The number of aromatic nitrogens is 4. The van der Waals surface area contributed by atoms with Crippen LogP contribution in [0.1, 0.15) is 27.3 Å². The number of carbonyl (C=O) groups excluding carboxylic acids is 1. The molecule has 0 spiro atoms. The van der Waals surface area contributed by atoms with E-state index < -0.39 is 17.6 Å². The van der Waals surface area contributed by atoms with Crippen LogP contribution in [0.15, 0.2) is 61.2 Å². The van der Waals surface area contributed by atoms with Crippen molar-refractivity contribution < 1.29 is 18.3 Å². The summed E-state index contributed by atoms with van der Waals surface area (Å²) in [4.78, 5) is 29.1. The van der Waals surface area contributed by atoms with Gasteiger partial charge in [0.2, 0.25) is 0 Å². The molecule has 1 aliphatic heterocycles. The predicted molar refractivity (Wildman–Crippen MR) is 118 cm³/mol. The van der Waals surface area contributed by atoms with Crippen molar-refractivity contribution in [3.63, 3.8) is 0 Å². The summed E-state index contributed by atoms with van der Waals surface area (Å²) in [5.41, 5.74) is 3.30. The molecule has 0 radical (unpaired) electrons. The third-order valence-corrected chi connectivity index (χ3v) is 5.34. The lowest BCUT2D eigenvalue weighted by Gasteiger charge is -2.30. The van der Waals surface area contributed by atoms with Crippen LogP contribution in [0.4, 0.5) is 14.5 Å². The second-order valence-electron chi connectivity index (χ2n) is 7.32. The average molecular weight is 445 g/mol. The number of aromatic amines is 1. The molecule has 5 rings (SSSR count). The molecule has 0 atom stereocenters. The average Bonchev–Trinajstić information content (AvgIpc) is 3.27. The Labute approximate surface area is 187 Å². The van der Waals surface area contributed by atoms with Gasteiger partial charge in [-0.1, -0.05) is 12.1 Å². The number of esters is 1. The number of hydrogen-bond acceptors (Lipinski definition) is 6. The fourth-order valence-electron chi connectivity index (χ4n) is 3.74. The van der Waals surface area contributed by atoms with Crippen molar-refractivity contribution in [3.05, 3.63) is 95.3 Å². The largest absolute Gasteiger partial charge is 0.465 e. The summed E-state index contributed by atoms with van der Waals surface area (Å²) in [5, 5.41) is 0. The summed E-state index contributed by atoms with van der Waals surface area (Å²) >= 11 is 0. The lowest BCUT2D eigenvalue weighted by molar-refractivity contribution is 0.0600. The van der Waals surface area contributed by atoms with E-state index >= 15 is 0 Å². The number of anilines is 1. The highest BCUT2D eigenvalue weighted by molar-refractivity contribution is 5.92. The van der Waals surface area contributed by atoms with Crippen LogP contribution in [-0.4, -0.2) is 33.0 Å². The van der Waals surface area contributed by atoms with Crippen LogP contribution in [0.25, 0.3) is 23.2 Å². The van der Waals surface area contributed by atoms with Crippen molar-refractivity contribution in [2.24, 2.45) is 0 Å². The summed E-state index contributed by atoms with van der Waals surface area (Å²) in [6.07, 6.45) is 6.85. The van der Waals surface area contributed by atoms with E-state index in [1.54, 1.807) is 53.7 Å². The maximum Gasteiger partial charge on any atom is 0.337 e. The molecule has 0 fully saturated rings. The number of imidazole rings is 1. The number of nitrogens with zero attached hydrogens (tertiary/aromatic N) is 4. The van der Waals surface area contributed by atoms with Crippen molar-refractivity contribution in [3.8, 4) is 11.4 Å². The summed E-state index contributed by atoms with van der Waals surface area (Å²) < 4.78 is 34.0. The maximum atomic E-state index is 14.7. The van der Waals surface area contributed by atoms with Gasteiger partial charge in [0.25, 0.3) is 0 Å². The minimum absolute atomic E-state index is 0.188. The van der Waals surface area contributed by atoms with Gasteiger partial charge in [-0.2, -0.15) is 0 Å². The normalized spacial score (nSPS) is 12.8. The summed E-state index contributed by atoms with van der Waals surface area (Å²) in [6, 6.07) is 10.4. The number of pyridine rings is 2. The lowest BCUT2D eigenvalue weighted by atomic mass is 10.0. The third-order valence-electron chi connectivity index (χ3n) is 5.34. The Kier molecular flexibility index (Phi) is 5.14. The minimum atomic E-state index is -0.771. The fraction of sp³-hybridized carbons (Fsp3) is 0.0833. The Morgan fingerprint density at radius 2 is 1.82 bits per heavy atom. The van der Waals surface area contributed by atoms with E-state index in [1.165, 1.54) is 7.11 Å². The van der Waals surface area contributed by atoms with Crippen LogP contribution in [0.3, 0.4) is 0 Å². The highest BCUT2D eigenvalue weighted by atomic mass is 19.1. The molecule has 3 aromatic heterocycles. The van der Waals surface area contributed by atoms with Crippen LogP contribution in [0, 0.1) is 11.6 Å². The number of carbonyl (C=O) groups is 1. The number of halogens is 2. The molecule has 0 aliphatic carbocycles. The SMILES string of the molecule is COC(=O)c1ccc(-c2nc3c([nH]2)CN(c2cccnc2)C(c2c(F)cncc2F)=C3)cc1. The Balaban J connectivity index is 1.60. The van der Waals surface area contributed by atoms with Gasteiger partial charge in [-0.3, -0.25) is 9.97 Å². The second kappa shape index (κ2) is 8.27. The number of ether oxygens (including phenoxy) is 1. The van der Waals surface area contributed by atoms with E-state index in [0.717, 1.165) is 23.7 Å². The fourth-order valence-corrected chi connectivity index (χ4v) is 3.74. The first-order valence-corrected chi connectivity index (χ1v) is 10.0. The first kappa shape index (κ1) is 20.5. The van der Waals surface area contributed by atoms with Gasteiger partial charge in [0.05, 0.1) is 66.1 Å². The van der Waals surface area contributed by atoms with Gasteiger partial charge < -0.3 is 14.6 Å². The molecule has 0 unspecified atom stereocenters. The van der Waals surface area contributed by atoms with E-state index in [4.69, 9.17) is 4.74 Å². The van der Waals surface area contributed by atoms with Crippen molar-refractivity contribution in [2.75, 3.05) is 12.0 Å². The van der Waals surface area contributed by atoms with E-state index in [0.29, 0.717) is 35.0 Å². The molecule has 164 valence electrons. The maximum absolute atomic E-state index is 14.7. The van der Waals surface area contributed by atoms with Crippen LogP contribution in [0.2, 0.25) is 0 Å². The predicted octanol–water partition coefficient (Wildman–Crippen LogP) is 4.45. The molecule has 4 heterocycles. The van der Waals surface area contributed by atoms with Crippen LogP contribution < -0.4 is 4.90 Å². The number of rotatable bonds is 4. The summed E-state index contributed by atoms with van der Waals surface area (Å²) in [6.45, 7) is 0.293. The molecule has 0 bridgehead atoms. The van der Waals surface area contributed by atoms with E-state index in [2.05, 4.69) is 19.9 Å². The van der Waals surface area contributed by atoms with Gasteiger partial charge >= 0.3 is 5.97 Å². The number of H-pyrrole nitrogens is 1. The molecule has 0 saturated carbocycles. The van der Waals surface area contributed by atoms with E-state index in [1.807, 2.05) is 6.07 Å². The third kappa shape index (κ3) is 3.73. The van der Waals surface area contributed by atoms with Crippen LogP contribution in [0.5, 0.6) is 0 Å². The van der Waals surface area contributed by atoms with Gasteiger partial charge in [0, 0.05) is 11.8 Å². The quantitative estimate of drug-likeness (QED) is 0.468. The van der Waals surface area contributed by atoms with E-state index in [-0.39, 0.29) is 5.56 Å². The van der Waals surface area contributed by atoms with Crippen LogP contribution in [-0.2, 0) is 11.3 Å². The molecule has 1 aliphatic rings. The van der Waals surface area contributed by atoms with E-state index in [9.17, 15) is 13.6 Å². The molecule has 1 N–H and O–H groups in total. The Morgan fingerprint density at radius 3 is 2.48 bits per heavy atom. The molecule has 7 nitrogen and oxygen atoms in total. The van der Waals surface area contributed by atoms with Crippen molar-refractivity contribution in [1.29, 1.82) is 0 Å². The van der Waals surface area contributed by atoms with Gasteiger partial charge in [0.1, 0.15) is 5.82 Å². The lowest BCUT2D eigenvalue weighted by Crippen LogP contribution is -2.26. The van der Waals surface area contributed by atoms with Gasteiger partial charge in [0.15, 0.2) is 11.6 Å². The molecular weight excluding hydrogens is 428 g/mol. The topological polar surface area (TPSA) is 84.0 Å². The second-order valence-corrected chi connectivity index (χ2v) is 7.32. The van der Waals surface area contributed by atoms with Gasteiger partial charge in [-0.05, 0) is 30.3 Å². The number of hydrogen-bond donors (Lipinski definition) is 1. The molecular formula is C24H17F2N5O2. The molecule has 0 amide bonds. The number of methoxy groups -OCH3 is 1. The molecule has 9 heteroatoms. The summed E-state index contributed by atoms with van der Waals surface area (Å²) in [7, 11) is 1.32. The highest BCUT2D eigenvalue weighted by Crippen LogP contribution is 2.36. The minimum Gasteiger partial charge on any atom is -0.465 e. The van der Waals surface area contributed by atoms with Crippen molar-refractivity contribution in [2.45, 2.75) is 6.54 Å². The molecule has 4 aromatic rings. The smallest absolute Gasteiger partial charge is 0.337 e. The summed E-state index contributed by atoms with van der Waals surface area (Å²) in [5.74, 6) is -1.40. The van der Waals surface area contributed by atoms with Crippen molar-refractivity contribution >= 4 is 23.4 Å². The van der Waals surface area contributed by atoms with Crippen LogP contribution >= 0.6 is 0 Å². The number of benzene rings is 1. The van der Waals surface area contributed by atoms with Crippen molar-refractivity contribution in [1.82, 2.24) is 19.9 Å². The molecule has 33 heavy (non-hydrogen) atoms. The molecule has 1 aromatic carbocycles.